The minimum atomic E-state index is -2.94. The molecule has 1 amide bonds. The number of halogens is 3. The van der Waals surface area contributed by atoms with Gasteiger partial charge in [-0.3, -0.25) is 9.69 Å². The number of methoxy groups -OCH3 is 1. The van der Waals surface area contributed by atoms with Gasteiger partial charge in [0.05, 0.1) is 13.2 Å². The lowest BCUT2D eigenvalue weighted by Crippen LogP contribution is -2.42. The van der Waals surface area contributed by atoms with E-state index in [1.165, 1.54) is 25.3 Å². The smallest absolute Gasteiger partial charge is 0.387 e. The van der Waals surface area contributed by atoms with Crippen LogP contribution in [0.1, 0.15) is 18.1 Å². The highest BCUT2D eigenvalue weighted by Gasteiger charge is 2.19. The molecule has 0 bridgehead atoms. The summed E-state index contributed by atoms with van der Waals surface area (Å²) in [5.41, 5.74) is 1.57. The van der Waals surface area contributed by atoms with E-state index < -0.39 is 12.7 Å². The average molecular weight is 396 g/mol. The fraction of sp³-hybridized carbons (Fsp3) is 0.350. The molecule has 1 unspecified atom stereocenters. The summed E-state index contributed by atoms with van der Waals surface area (Å²) >= 11 is 0. The van der Waals surface area contributed by atoms with Crippen molar-refractivity contribution < 1.29 is 27.4 Å². The Labute approximate surface area is 162 Å². The fourth-order valence-electron chi connectivity index (χ4n) is 2.57. The number of benzene rings is 2. The third-order valence-electron chi connectivity index (χ3n) is 4.30. The Morgan fingerprint density at radius 1 is 1.11 bits per heavy atom. The molecule has 0 aliphatic carbocycles. The molecule has 0 heterocycles. The third kappa shape index (κ3) is 6.16. The molecule has 0 saturated heterocycles. The first-order valence-corrected chi connectivity index (χ1v) is 8.64. The summed E-state index contributed by atoms with van der Waals surface area (Å²) in [6, 6.07) is 10.1. The molecule has 0 aliphatic heterocycles. The predicted octanol–water partition coefficient (Wildman–Crippen LogP) is 3.57. The van der Waals surface area contributed by atoms with Gasteiger partial charge in [0, 0.05) is 13.1 Å². The first-order chi connectivity index (χ1) is 13.3. The molecule has 0 spiro atoms. The number of alkyl halides is 2. The zero-order valence-electron chi connectivity index (χ0n) is 15.9. The van der Waals surface area contributed by atoms with E-state index in [2.05, 4.69) is 10.1 Å². The van der Waals surface area contributed by atoms with E-state index in [4.69, 9.17) is 4.74 Å². The Morgan fingerprint density at radius 3 is 2.36 bits per heavy atom. The van der Waals surface area contributed by atoms with Gasteiger partial charge in [0.1, 0.15) is 5.82 Å². The summed E-state index contributed by atoms with van der Waals surface area (Å²) in [4.78, 5) is 14.2. The Balaban J connectivity index is 1.94. The van der Waals surface area contributed by atoms with Gasteiger partial charge in [-0.15, -0.1) is 0 Å². The van der Waals surface area contributed by atoms with Gasteiger partial charge < -0.3 is 14.8 Å². The summed E-state index contributed by atoms with van der Waals surface area (Å²) in [6.07, 6.45) is 0. The van der Waals surface area contributed by atoms with Gasteiger partial charge in [-0.2, -0.15) is 8.78 Å². The number of rotatable bonds is 9. The van der Waals surface area contributed by atoms with Crippen molar-refractivity contribution in [1.82, 2.24) is 10.2 Å². The summed E-state index contributed by atoms with van der Waals surface area (Å²) in [5.74, 6) is -0.367. The van der Waals surface area contributed by atoms with Gasteiger partial charge in [-0.05, 0) is 49.4 Å². The molecule has 8 heteroatoms. The van der Waals surface area contributed by atoms with E-state index in [-0.39, 0.29) is 23.2 Å². The lowest BCUT2D eigenvalue weighted by Gasteiger charge is -2.24. The molecule has 1 atom stereocenters. The molecule has 0 saturated carbocycles. The quantitative estimate of drug-likeness (QED) is 0.704. The fourth-order valence-corrected chi connectivity index (χ4v) is 2.57. The molecule has 0 radical (unpaired) electrons. The van der Waals surface area contributed by atoms with Crippen molar-refractivity contribution in [3.8, 4) is 11.5 Å². The van der Waals surface area contributed by atoms with E-state index in [0.717, 1.165) is 11.1 Å². The second kappa shape index (κ2) is 9.98. The van der Waals surface area contributed by atoms with Crippen LogP contribution >= 0.6 is 0 Å². The van der Waals surface area contributed by atoms with Crippen LogP contribution in [0.15, 0.2) is 42.5 Å². The van der Waals surface area contributed by atoms with E-state index in [1.807, 2.05) is 4.90 Å². The summed E-state index contributed by atoms with van der Waals surface area (Å²) < 4.78 is 47.2. The Morgan fingerprint density at radius 2 is 1.75 bits per heavy atom. The topological polar surface area (TPSA) is 50.8 Å². The molecule has 5 nitrogen and oxygen atoms in total. The van der Waals surface area contributed by atoms with E-state index in [0.29, 0.717) is 13.1 Å². The number of likely N-dealkylation sites (N-methyl/N-ethyl adjacent to an activating group) is 1. The predicted molar refractivity (Wildman–Crippen MR) is 98.8 cm³/mol. The Hall–Kier alpha value is -2.74. The molecular weight excluding hydrogens is 373 g/mol. The average Bonchev–Trinajstić information content (AvgIpc) is 2.67. The number of ether oxygens (including phenoxy) is 2. The van der Waals surface area contributed by atoms with Gasteiger partial charge in [0.25, 0.3) is 0 Å². The van der Waals surface area contributed by atoms with Gasteiger partial charge in [-0.25, -0.2) is 4.39 Å². The van der Waals surface area contributed by atoms with Crippen molar-refractivity contribution in [3.05, 3.63) is 59.4 Å². The maximum absolute atomic E-state index is 12.9. The third-order valence-corrected chi connectivity index (χ3v) is 4.30. The second-order valence-corrected chi connectivity index (χ2v) is 6.30. The number of carbonyl (C=O) groups is 1. The number of nitrogens with one attached hydrogen (secondary N) is 1. The SMILES string of the molecule is COc1cc(CN(C)C(C)C(=O)NCc2ccc(F)cc2)ccc1OC(F)F. The van der Waals surface area contributed by atoms with Crippen LogP contribution in [-0.2, 0) is 17.9 Å². The highest BCUT2D eigenvalue weighted by molar-refractivity contribution is 5.81. The maximum Gasteiger partial charge on any atom is 0.387 e. The molecule has 1 N–H and O–H groups in total. The second-order valence-electron chi connectivity index (χ2n) is 6.30. The summed E-state index contributed by atoms with van der Waals surface area (Å²) in [5, 5.41) is 2.81. The van der Waals surface area contributed by atoms with Crippen LogP contribution in [0, 0.1) is 5.82 Å². The van der Waals surface area contributed by atoms with Gasteiger partial charge >= 0.3 is 6.61 Å². The largest absolute Gasteiger partial charge is 0.493 e. The van der Waals surface area contributed by atoms with Crippen LogP contribution in [0.2, 0.25) is 0 Å². The summed E-state index contributed by atoms with van der Waals surface area (Å²) in [7, 11) is 3.14. The van der Waals surface area contributed by atoms with Crippen LogP contribution in [-0.4, -0.2) is 37.6 Å². The van der Waals surface area contributed by atoms with Crippen molar-refractivity contribution in [2.75, 3.05) is 14.2 Å². The first kappa shape index (κ1) is 21.6. The zero-order chi connectivity index (χ0) is 20.7. The molecule has 2 aromatic rings. The molecule has 28 heavy (non-hydrogen) atoms. The minimum Gasteiger partial charge on any atom is -0.493 e. The van der Waals surface area contributed by atoms with Crippen molar-refractivity contribution >= 4 is 5.91 Å². The Bertz CT molecular complexity index is 785. The minimum absolute atomic E-state index is 0.0472. The Kier molecular flexibility index (Phi) is 7.69. The number of carbonyl (C=O) groups excluding carboxylic acids is 1. The number of nitrogens with zero attached hydrogens (tertiary/aromatic N) is 1. The van der Waals surface area contributed by atoms with Crippen LogP contribution in [0.5, 0.6) is 11.5 Å². The molecule has 152 valence electrons. The monoisotopic (exact) mass is 396 g/mol. The van der Waals surface area contributed by atoms with Gasteiger partial charge in [0.2, 0.25) is 5.91 Å². The van der Waals surface area contributed by atoms with Crippen LogP contribution in [0.25, 0.3) is 0 Å². The number of amides is 1. The van der Waals surface area contributed by atoms with Gasteiger partial charge in [-0.1, -0.05) is 18.2 Å². The zero-order valence-corrected chi connectivity index (χ0v) is 15.9. The van der Waals surface area contributed by atoms with Crippen molar-refractivity contribution in [3.63, 3.8) is 0 Å². The lowest BCUT2D eigenvalue weighted by atomic mass is 10.1. The first-order valence-electron chi connectivity index (χ1n) is 8.64. The normalized spacial score (nSPS) is 12.1. The van der Waals surface area contributed by atoms with Crippen LogP contribution in [0.3, 0.4) is 0 Å². The lowest BCUT2D eigenvalue weighted by molar-refractivity contribution is -0.125. The van der Waals surface area contributed by atoms with Crippen LogP contribution in [0.4, 0.5) is 13.2 Å². The number of hydrogen-bond acceptors (Lipinski definition) is 4. The van der Waals surface area contributed by atoms with Crippen molar-refractivity contribution in [1.29, 1.82) is 0 Å². The van der Waals surface area contributed by atoms with E-state index in [9.17, 15) is 18.0 Å². The highest BCUT2D eigenvalue weighted by Crippen LogP contribution is 2.29. The van der Waals surface area contributed by atoms with E-state index >= 15 is 0 Å². The van der Waals surface area contributed by atoms with E-state index in [1.54, 1.807) is 38.2 Å². The molecule has 0 fully saturated rings. The highest BCUT2D eigenvalue weighted by atomic mass is 19.3. The molecule has 2 rings (SSSR count). The van der Waals surface area contributed by atoms with Crippen molar-refractivity contribution in [2.45, 2.75) is 32.7 Å². The molecular formula is C20H23F3N2O3. The van der Waals surface area contributed by atoms with Crippen LogP contribution < -0.4 is 14.8 Å². The van der Waals surface area contributed by atoms with Gasteiger partial charge in [0.15, 0.2) is 11.5 Å². The van der Waals surface area contributed by atoms with Crippen molar-refractivity contribution in [2.24, 2.45) is 0 Å². The maximum atomic E-state index is 12.9. The molecule has 2 aromatic carbocycles. The molecule has 0 aromatic heterocycles. The number of hydrogen-bond donors (Lipinski definition) is 1. The summed E-state index contributed by atoms with van der Waals surface area (Å²) in [6.45, 7) is -0.487. The standard InChI is InChI=1S/C20H23F3N2O3/c1-13(19(26)24-11-14-4-7-16(21)8-5-14)25(2)12-15-6-9-17(28-20(22)23)18(10-15)27-3/h4-10,13,20H,11-12H2,1-3H3,(H,24,26). The molecule has 0 aliphatic rings.